The normalized spacial score (nSPS) is 11.5. The Balaban J connectivity index is 2.54. The quantitative estimate of drug-likeness (QED) is 0.927. The molecule has 0 radical (unpaired) electrons. The highest BCUT2D eigenvalue weighted by Crippen LogP contribution is 2.36. The maximum atomic E-state index is 12.9. The topological polar surface area (TPSA) is 60.9 Å². The van der Waals surface area contributed by atoms with Crippen LogP contribution in [0.5, 0.6) is 0 Å². The summed E-state index contributed by atoms with van der Waals surface area (Å²) in [6, 6.07) is 5.06. The van der Waals surface area contributed by atoms with Gasteiger partial charge in [0, 0.05) is 18.0 Å². The lowest BCUT2D eigenvalue weighted by atomic mass is 10.1. The number of nitrogens with zero attached hydrogens (tertiary/aromatic N) is 2. The first kappa shape index (κ1) is 13.1. The van der Waals surface area contributed by atoms with Gasteiger partial charge in [0.05, 0.1) is 5.56 Å². The second kappa shape index (κ2) is 4.75. The molecule has 0 saturated carbocycles. The third-order valence-corrected chi connectivity index (χ3v) is 2.52. The number of aromatic nitrogens is 2. The number of carbonyl (C=O) groups is 1. The van der Waals surface area contributed by atoms with Crippen LogP contribution in [0.25, 0.3) is 11.4 Å². The summed E-state index contributed by atoms with van der Waals surface area (Å²) in [6.45, 7) is -0.221. The number of nitrogens with two attached hydrogens (primary N) is 1. The molecule has 0 spiro atoms. The van der Waals surface area contributed by atoms with Crippen LogP contribution in [-0.2, 0) is 17.5 Å². The minimum Gasteiger partial charge on any atom is -0.368 e. The summed E-state index contributed by atoms with van der Waals surface area (Å²) in [6.07, 6.45) is -1.75. The summed E-state index contributed by atoms with van der Waals surface area (Å²) in [7, 11) is 0. The Morgan fingerprint density at radius 2 is 2.00 bits per heavy atom. The van der Waals surface area contributed by atoms with E-state index in [-0.39, 0.29) is 17.9 Å². The number of benzene rings is 1. The maximum Gasteiger partial charge on any atom is 0.417 e. The molecule has 2 rings (SSSR count). The molecule has 0 aliphatic carbocycles. The number of carbonyl (C=O) groups excluding carboxylic acids is 1. The van der Waals surface area contributed by atoms with Crippen molar-refractivity contribution in [3.8, 4) is 11.4 Å². The van der Waals surface area contributed by atoms with Gasteiger partial charge in [-0.25, -0.2) is 4.98 Å². The molecule has 4 nitrogen and oxygen atoms in total. The van der Waals surface area contributed by atoms with Crippen LogP contribution in [0, 0.1) is 0 Å². The lowest BCUT2D eigenvalue weighted by Gasteiger charge is -2.13. The zero-order valence-electron chi connectivity index (χ0n) is 9.69. The van der Waals surface area contributed by atoms with Crippen LogP contribution >= 0.6 is 0 Å². The molecule has 0 atom stereocenters. The largest absolute Gasteiger partial charge is 0.417 e. The van der Waals surface area contributed by atoms with Crippen molar-refractivity contribution < 1.29 is 18.0 Å². The van der Waals surface area contributed by atoms with Crippen molar-refractivity contribution in [2.75, 3.05) is 0 Å². The lowest BCUT2D eigenvalue weighted by molar-refractivity contribution is -0.137. The minimum absolute atomic E-state index is 0.0618. The number of amides is 1. The predicted octanol–water partition coefficient (Wildman–Crippen LogP) is 2.05. The van der Waals surface area contributed by atoms with Gasteiger partial charge in [-0.1, -0.05) is 18.2 Å². The second-order valence-electron chi connectivity index (χ2n) is 3.89. The first-order valence-corrected chi connectivity index (χ1v) is 5.35. The van der Waals surface area contributed by atoms with Crippen molar-refractivity contribution in [1.82, 2.24) is 9.55 Å². The summed E-state index contributed by atoms with van der Waals surface area (Å²) in [4.78, 5) is 14.8. The average Bonchev–Trinajstić information content (AvgIpc) is 2.75. The van der Waals surface area contributed by atoms with Gasteiger partial charge in [-0.05, 0) is 6.07 Å². The van der Waals surface area contributed by atoms with Crippen molar-refractivity contribution in [3.05, 3.63) is 42.2 Å². The molecule has 7 heteroatoms. The highest BCUT2D eigenvalue weighted by molar-refractivity contribution is 5.74. The lowest BCUT2D eigenvalue weighted by Crippen LogP contribution is -2.19. The molecule has 19 heavy (non-hydrogen) atoms. The number of primary amides is 1. The summed E-state index contributed by atoms with van der Waals surface area (Å²) in [5.41, 5.74) is 4.16. The van der Waals surface area contributed by atoms with Crippen LogP contribution in [0.2, 0.25) is 0 Å². The van der Waals surface area contributed by atoms with E-state index in [0.717, 1.165) is 6.07 Å². The highest BCUT2D eigenvalue weighted by atomic mass is 19.4. The van der Waals surface area contributed by atoms with Crippen LogP contribution in [0.4, 0.5) is 13.2 Å². The highest BCUT2D eigenvalue weighted by Gasteiger charge is 2.34. The number of halogens is 3. The fourth-order valence-electron chi connectivity index (χ4n) is 1.77. The van der Waals surface area contributed by atoms with Gasteiger partial charge in [-0.15, -0.1) is 0 Å². The molecule has 1 aromatic heterocycles. The fraction of sp³-hybridized carbons (Fsp3) is 0.167. The Kier molecular flexibility index (Phi) is 3.28. The Hall–Kier alpha value is -2.31. The van der Waals surface area contributed by atoms with Crippen LogP contribution in [0.15, 0.2) is 36.7 Å². The molecular weight excluding hydrogens is 259 g/mol. The molecule has 0 bridgehead atoms. The summed E-state index contributed by atoms with van der Waals surface area (Å²) in [5, 5.41) is 0. The molecule has 1 aromatic carbocycles. The van der Waals surface area contributed by atoms with Gasteiger partial charge in [-0.3, -0.25) is 4.79 Å². The van der Waals surface area contributed by atoms with Gasteiger partial charge in [-0.2, -0.15) is 13.2 Å². The second-order valence-corrected chi connectivity index (χ2v) is 3.89. The molecule has 0 saturated heterocycles. The molecule has 0 fully saturated rings. The minimum atomic E-state index is -4.49. The van der Waals surface area contributed by atoms with Gasteiger partial charge < -0.3 is 10.3 Å². The van der Waals surface area contributed by atoms with E-state index < -0.39 is 17.6 Å². The third-order valence-electron chi connectivity index (χ3n) is 2.52. The standard InChI is InChI=1S/C12H10F3N3O/c13-12(14,15)9-4-2-1-3-8(9)11-17-5-6-18(11)7-10(16)19/h1-6H,7H2,(H2,16,19). The third kappa shape index (κ3) is 2.75. The monoisotopic (exact) mass is 269 g/mol. The number of rotatable bonds is 3. The summed E-state index contributed by atoms with van der Waals surface area (Å²) in [5.74, 6) is -0.588. The van der Waals surface area contributed by atoms with Crippen LogP contribution in [0.3, 0.4) is 0 Å². The van der Waals surface area contributed by atoms with Crippen LogP contribution in [0.1, 0.15) is 5.56 Å². The van der Waals surface area contributed by atoms with E-state index in [9.17, 15) is 18.0 Å². The van der Waals surface area contributed by atoms with Gasteiger partial charge in [0.15, 0.2) is 0 Å². The van der Waals surface area contributed by atoms with Crippen molar-refractivity contribution in [2.45, 2.75) is 12.7 Å². The van der Waals surface area contributed by atoms with E-state index in [4.69, 9.17) is 5.73 Å². The van der Waals surface area contributed by atoms with E-state index in [1.54, 1.807) is 0 Å². The van der Waals surface area contributed by atoms with Crippen molar-refractivity contribution >= 4 is 5.91 Å². The van der Waals surface area contributed by atoms with Gasteiger partial charge >= 0.3 is 6.18 Å². The van der Waals surface area contributed by atoms with E-state index in [1.807, 2.05) is 0 Å². The zero-order chi connectivity index (χ0) is 14.0. The average molecular weight is 269 g/mol. The Labute approximate surface area is 106 Å². The number of imidazole rings is 1. The Morgan fingerprint density at radius 1 is 1.32 bits per heavy atom. The number of hydrogen-bond acceptors (Lipinski definition) is 2. The zero-order valence-corrected chi connectivity index (χ0v) is 9.69. The van der Waals surface area contributed by atoms with Crippen molar-refractivity contribution in [1.29, 1.82) is 0 Å². The van der Waals surface area contributed by atoms with E-state index >= 15 is 0 Å². The maximum absolute atomic E-state index is 12.9. The molecule has 0 aliphatic heterocycles. The Bertz CT molecular complexity index is 604. The smallest absolute Gasteiger partial charge is 0.368 e. The number of hydrogen-bond donors (Lipinski definition) is 1. The van der Waals surface area contributed by atoms with Gasteiger partial charge in [0.25, 0.3) is 0 Å². The molecule has 1 amide bonds. The SMILES string of the molecule is NC(=O)Cn1ccnc1-c1ccccc1C(F)(F)F. The summed E-state index contributed by atoms with van der Waals surface area (Å²) >= 11 is 0. The van der Waals surface area contributed by atoms with Crippen LogP contribution in [-0.4, -0.2) is 15.5 Å². The molecule has 100 valence electrons. The fourth-order valence-corrected chi connectivity index (χ4v) is 1.77. The molecule has 2 N–H and O–H groups in total. The molecule has 0 aliphatic rings. The van der Waals surface area contributed by atoms with E-state index in [0.29, 0.717) is 0 Å². The van der Waals surface area contributed by atoms with Crippen molar-refractivity contribution in [2.24, 2.45) is 5.73 Å². The van der Waals surface area contributed by atoms with E-state index in [2.05, 4.69) is 4.98 Å². The first-order valence-electron chi connectivity index (χ1n) is 5.35. The number of alkyl halides is 3. The molecular formula is C12H10F3N3O. The van der Waals surface area contributed by atoms with Crippen LogP contribution < -0.4 is 5.73 Å². The van der Waals surface area contributed by atoms with Crippen molar-refractivity contribution in [3.63, 3.8) is 0 Å². The van der Waals surface area contributed by atoms with Gasteiger partial charge in [0.2, 0.25) is 5.91 Å². The first-order chi connectivity index (χ1) is 8.89. The Morgan fingerprint density at radius 3 is 2.63 bits per heavy atom. The van der Waals surface area contributed by atoms with Gasteiger partial charge in [0.1, 0.15) is 12.4 Å². The molecule has 0 unspecified atom stereocenters. The van der Waals surface area contributed by atoms with E-state index in [1.165, 1.54) is 35.2 Å². The predicted molar refractivity (Wildman–Crippen MR) is 61.9 cm³/mol. The molecule has 1 heterocycles. The summed E-state index contributed by atoms with van der Waals surface area (Å²) < 4.78 is 40.0. The molecule has 2 aromatic rings.